The highest BCUT2D eigenvalue weighted by atomic mass is 35.5. The SMILES string of the molecule is O=C(CN1C(=O)/C(=C2/SC(=S)N(Cc3ccccc3)C2=O)c2ccccc21)Nc1ccc(Cl)cc1. The average Bonchev–Trinajstić information content (AvgIpc) is 3.28. The first-order valence-electron chi connectivity index (χ1n) is 10.7. The maximum absolute atomic E-state index is 13.5. The van der Waals surface area contributed by atoms with E-state index in [0.717, 1.165) is 17.3 Å². The molecule has 0 spiro atoms. The van der Waals surface area contributed by atoms with E-state index in [1.54, 1.807) is 48.5 Å². The van der Waals surface area contributed by atoms with Gasteiger partial charge in [-0.1, -0.05) is 84.1 Å². The molecule has 0 aliphatic carbocycles. The van der Waals surface area contributed by atoms with Gasteiger partial charge in [0.15, 0.2) is 0 Å². The van der Waals surface area contributed by atoms with E-state index >= 15 is 0 Å². The van der Waals surface area contributed by atoms with Crippen LogP contribution in [0.4, 0.5) is 11.4 Å². The molecule has 0 saturated carbocycles. The third kappa shape index (κ3) is 4.60. The molecule has 0 atom stereocenters. The molecule has 174 valence electrons. The van der Waals surface area contributed by atoms with E-state index in [0.29, 0.717) is 32.8 Å². The van der Waals surface area contributed by atoms with Crippen LogP contribution in [0.5, 0.6) is 0 Å². The van der Waals surface area contributed by atoms with Gasteiger partial charge < -0.3 is 5.32 Å². The first-order valence-corrected chi connectivity index (χ1v) is 12.3. The van der Waals surface area contributed by atoms with Crippen LogP contribution in [-0.2, 0) is 20.9 Å². The van der Waals surface area contributed by atoms with Crippen molar-refractivity contribution in [2.75, 3.05) is 16.8 Å². The summed E-state index contributed by atoms with van der Waals surface area (Å²) in [5, 5.41) is 3.33. The van der Waals surface area contributed by atoms with Crippen molar-refractivity contribution in [2.24, 2.45) is 0 Å². The van der Waals surface area contributed by atoms with Gasteiger partial charge in [-0.3, -0.25) is 24.2 Å². The smallest absolute Gasteiger partial charge is 0.267 e. The highest BCUT2D eigenvalue weighted by molar-refractivity contribution is 8.26. The zero-order chi connectivity index (χ0) is 24.5. The Labute approximate surface area is 216 Å². The van der Waals surface area contributed by atoms with E-state index in [-0.39, 0.29) is 28.8 Å². The summed E-state index contributed by atoms with van der Waals surface area (Å²) in [4.78, 5) is 42.8. The zero-order valence-corrected chi connectivity index (χ0v) is 20.6. The molecule has 9 heteroatoms. The number of nitrogens with one attached hydrogen (secondary N) is 1. The highest BCUT2D eigenvalue weighted by Gasteiger charge is 2.42. The molecule has 3 amide bonds. The first kappa shape index (κ1) is 23.3. The molecule has 1 N–H and O–H groups in total. The van der Waals surface area contributed by atoms with Crippen LogP contribution in [0.3, 0.4) is 0 Å². The monoisotopic (exact) mass is 519 g/mol. The molecule has 0 aromatic heterocycles. The third-order valence-electron chi connectivity index (χ3n) is 5.61. The lowest BCUT2D eigenvalue weighted by Gasteiger charge is -2.17. The number of rotatable bonds is 5. The molecule has 0 radical (unpaired) electrons. The fourth-order valence-electron chi connectivity index (χ4n) is 3.99. The van der Waals surface area contributed by atoms with Crippen LogP contribution in [0.2, 0.25) is 5.02 Å². The number of anilines is 2. The van der Waals surface area contributed by atoms with Crippen molar-refractivity contribution >= 4 is 74.6 Å². The molecule has 3 aromatic rings. The van der Waals surface area contributed by atoms with E-state index < -0.39 is 5.91 Å². The standard InChI is InChI=1S/C26H18ClN3O3S2/c27-17-10-12-18(13-11-17)28-21(31)15-29-20-9-5-4-8-19(20)22(24(29)32)23-25(33)30(26(34)35-23)14-16-6-2-1-3-7-16/h1-13H,14-15H2,(H,28,31)/b23-22+. The molecule has 2 heterocycles. The number of amides is 3. The highest BCUT2D eigenvalue weighted by Crippen LogP contribution is 2.44. The van der Waals surface area contributed by atoms with Gasteiger partial charge in [0, 0.05) is 16.3 Å². The first-order chi connectivity index (χ1) is 16.9. The number of thiocarbonyl (C=S) groups is 1. The van der Waals surface area contributed by atoms with Crippen molar-refractivity contribution in [1.82, 2.24) is 4.90 Å². The quantitative estimate of drug-likeness (QED) is 0.375. The molecule has 5 rings (SSSR count). The summed E-state index contributed by atoms with van der Waals surface area (Å²) in [6, 6.07) is 23.4. The number of hydrogen-bond donors (Lipinski definition) is 1. The van der Waals surface area contributed by atoms with Crippen LogP contribution in [0, 0.1) is 0 Å². The van der Waals surface area contributed by atoms with Crippen molar-refractivity contribution in [2.45, 2.75) is 6.54 Å². The number of para-hydroxylation sites is 1. The van der Waals surface area contributed by atoms with Crippen molar-refractivity contribution in [1.29, 1.82) is 0 Å². The summed E-state index contributed by atoms with van der Waals surface area (Å²) in [5.41, 5.74) is 2.96. The van der Waals surface area contributed by atoms with E-state index in [2.05, 4.69) is 5.32 Å². The van der Waals surface area contributed by atoms with Crippen LogP contribution in [0.15, 0.2) is 83.8 Å². The lowest BCUT2D eigenvalue weighted by molar-refractivity contribution is -0.122. The van der Waals surface area contributed by atoms with Crippen LogP contribution in [0.25, 0.3) is 5.57 Å². The number of thioether (sulfide) groups is 1. The lowest BCUT2D eigenvalue weighted by atomic mass is 10.1. The molecule has 35 heavy (non-hydrogen) atoms. The maximum atomic E-state index is 13.5. The Bertz CT molecular complexity index is 1390. The Morgan fingerprint density at radius 1 is 0.886 bits per heavy atom. The zero-order valence-electron chi connectivity index (χ0n) is 18.2. The maximum Gasteiger partial charge on any atom is 0.267 e. The minimum absolute atomic E-state index is 0.202. The molecule has 1 fully saturated rings. The molecule has 0 bridgehead atoms. The molecule has 2 aliphatic heterocycles. The molecular weight excluding hydrogens is 502 g/mol. The Morgan fingerprint density at radius 2 is 1.57 bits per heavy atom. The van der Waals surface area contributed by atoms with Gasteiger partial charge in [0.25, 0.3) is 11.8 Å². The largest absolute Gasteiger partial charge is 0.325 e. The van der Waals surface area contributed by atoms with E-state index in [1.807, 2.05) is 30.3 Å². The summed E-state index contributed by atoms with van der Waals surface area (Å²) in [5.74, 6) is -1.08. The van der Waals surface area contributed by atoms with Gasteiger partial charge in [-0.15, -0.1) is 0 Å². The van der Waals surface area contributed by atoms with Gasteiger partial charge in [-0.05, 0) is 35.9 Å². The molecule has 6 nitrogen and oxygen atoms in total. The van der Waals surface area contributed by atoms with Gasteiger partial charge in [0.1, 0.15) is 10.9 Å². The summed E-state index contributed by atoms with van der Waals surface area (Å²) in [6.45, 7) is 0.123. The Hall–Kier alpha value is -3.46. The summed E-state index contributed by atoms with van der Waals surface area (Å²) in [7, 11) is 0. The van der Waals surface area contributed by atoms with Crippen LogP contribution >= 0.6 is 35.6 Å². The van der Waals surface area contributed by atoms with Gasteiger partial charge >= 0.3 is 0 Å². The topological polar surface area (TPSA) is 69.7 Å². The van der Waals surface area contributed by atoms with Crippen LogP contribution < -0.4 is 10.2 Å². The number of carbonyl (C=O) groups excluding carboxylic acids is 3. The van der Waals surface area contributed by atoms with Crippen molar-refractivity contribution < 1.29 is 14.4 Å². The van der Waals surface area contributed by atoms with Gasteiger partial charge in [-0.25, -0.2) is 0 Å². The molecule has 2 aliphatic rings. The predicted molar refractivity (Wildman–Crippen MR) is 143 cm³/mol. The van der Waals surface area contributed by atoms with Gasteiger partial charge in [-0.2, -0.15) is 0 Å². The molecular formula is C26H18ClN3O3S2. The Balaban J connectivity index is 1.43. The number of nitrogens with zero attached hydrogens (tertiary/aromatic N) is 2. The van der Waals surface area contributed by atoms with E-state index in [9.17, 15) is 14.4 Å². The fourth-order valence-corrected chi connectivity index (χ4v) is 5.44. The van der Waals surface area contributed by atoms with Gasteiger partial charge in [0.2, 0.25) is 5.91 Å². The summed E-state index contributed by atoms with van der Waals surface area (Å²) in [6.07, 6.45) is 0. The Morgan fingerprint density at radius 3 is 2.31 bits per heavy atom. The summed E-state index contributed by atoms with van der Waals surface area (Å²) < 4.78 is 0.394. The third-order valence-corrected chi connectivity index (χ3v) is 7.31. The lowest BCUT2D eigenvalue weighted by Crippen LogP contribution is -2.35. The second-order valence-electron chi connectivity index (χ2n) is 7.91. The van der Waals surface area contributed by atoms with Gasteiger partial charge in [0.05, 0.1) is 22.7 Å². The van der Waals surface area contributed by atoms with Crippen LogP contribution in [0.1, 0.15) is 11.1 Å². The van der Waals surface area contributed by atoms with E-state index in [4.69, 9.17) is 23.8 Å². The van der Waals surface area contributed by atoms with Crippen molar-refractivity contribution in [3.63, 3.8) is 0 Å². The molecule has 3 aromatic carbocycles. The number of carbonyl (C=O) groups is 3. The molecule has 0 unspecified atom stereocenters. The van der Waals surface area contributed by atoms with Crippen LogP contribution in [-0.4, -0.2) is 33.5 Å². The average molecular weight is 520 g/mol. The van der Waals surface area contributed by atoms with Crippen molar-refractivity contribution in [3.8, 4) is 0 Å². The van der Waals surface area contributed by atoms with Crippen molar-refractivity contribution in [3.05, 3.63) is 99.9 Å². The number of hydrogen-bond acceptors (Lipinski definition) is 5. The number of fused-ring (bicyclic) bond motifs is 1. The number of benzene rings is 3. The Kier molecular flexibility index (Phi) is 6.42. The number of halogens is 1. The minimum atomic E-state index is -0.405. The predicted octanol–water partition coefficient (Wildman–Crippen LogP) is 5.10. The second kappa shape index (κ2) is 9.65. The normalized spacial score (nSPS) is 17.2. The summed E-state index contributed by atoms with van der Waals surface area (Å²) >= 11 is 12.5. The second-order valence-corrected chi connectivity index (χ2v) is 9.99. The minimum Gasteiger partial charge on any atom is -0.325 e. The fraction of sp³-hybridized carbons (Fsp3) is 0.0769. The molecule has 1 saturated heterocycles. The van der Waals surface area contributed by atoms with E-state index in [1.165, 1.54) is 9.80 Å².